The lowest BCUT2D eigenvalue weighted by Crippen LogP contribution is -2.43. The third kappa shape index (κ3) is 6.07. The maximum atomic E-state index is 8.90. The highest BCUT2D eigenvalue weighted by atomic mass is 16.9. The van der Waals surface area contributed by atoms with E-state index in [-0.39, 0.29) is 0 Å². The van der Waals surface area contributed by atoms with Crippen molar-refractivity contribution in [2.45, 2.75) is 50.9 Å². The van der Waals surface area contributed by atoms with Crippen molar-refractivity contribution in [1.29, 1.82) is 5.26 Å². The highest BCUT2D eigenvalue weighted by Gasteiger charge is 2.41. The normalized spacial score (nSPS) is 23.0. The fourth-order valence-corrected chi connectivity index (χ4v) is 4.12. The molecule has 2 saturated heterocycles. The van der Waals surface area contributed by atoms with Crippen LogP contribution in [0.5, 0.6) is 5.75 Å². The number of benzene rings is 2. The van der Waals surface area contributed by atoms with Gasteiger partial charge in [0.2, 0.25) is 0 Å². The van der Waals surface area contributed by atoms with Gasteiger partial charge in [0.05, 0.1) is 38.1 Å². The number of nitrogens with zero attached hydrogens (tertiary/aromatic N) is 1. The van der Waals surface area contributed by atoms with E-state index in [1.807, 2.05) is 36.4 Å². The van der Waals surface area contributed by atoms with Gasteiger partial charge in [0, 0.05) is 12.3 Å². The van der Waals surface area contributed by atoms with Crippen LogP contribution >= 0.6 is 0 Å². The molecule has 31 heavy (non-hydrogen) atoms. The summed E-state index contributed by atoms with van der Waals surface area (Å²) in [6.07, 6.45) is 7.67. The molecule has 0 N–H and O–H groups in total. The van der Waals surface area contributed by atoms with E-state index < -0.39 is 5.97 Å². The standard InChI is InChI=1S/C26H31NO4/c27-18-21-7-9-23(10-8-21)24-11-13-25(14-12-24)28-16-4-2-1-3-6-22-19-30-26(31-20-22)15-5-17-29-26/h7-14,22H,1-6,15-17,19-20H2. The quantitative estimate of drug-likeness (QED) is 0.487. The van der Waals surface area contributed by atoms with Crippen LogP contribution in [0.25, 0.3) is 11.1 Å². The van der Waals surface area contributed by atoms with Crippen LogP contribution < -0.4 is 4.74 Å². The summed E-state index contributed by atoms with van der Waals surface area (Å²) in [6.45, 7) is 2.99. The third-order valence-corrected chi connectivity index (χ3v) is 6.00. The van der Waals surface area contributed by atoms with Gasteiger partial charge in [-0.05, 0) is 54.7 Å². The van der Waals surface area contributed by atoms with E-state index in [1.54, 1.807) is 0 Å². The summed E-state index contributed by atoms with van der Waals surface area (Å²) in [5, 5.41) is 8.90. The Balaban J connectivity index is 1.07. The summed E-state index contributed by atoms with van der Waals surface area (Å²) < 4.78 is 23.2. The first kappa shape index (κ1) is 21.8. The number of hydrogen-bond donors (Lipinski definition) is 0. The molecule has 5 nitrogen and oxygen atoms in total. The van der Waals surface area contributed by atoms with Gasteiger partial charge in [-0.15, -0.1) is 0 Å². The summed E-state index contributed by atoms with van der Waals surface area (Å²) >= 11 is 0. The van der Waals surface area contributed by atoms with E-state index in [0.29, 0.717) is 11.5 Å². The minimum Gasteiger partial charge on any atom is -0.494 e. The molecule has 0 bridgehead atoms. The molecule has 2 aliphatic heterocycles. The summed E-state index contributed by atoms with van der Waals surface area (Å²) in [4.78, 5) is 0. The lowest BCUT2D eigenvalue weighted by molar-refractivity contribution is -0.390. The molecule has 0 amide bonds. The summed E-state index contributed by atoms with van der Waals surface area (Å²) in [6, 6.07) is 17.9. The number of hydrogen-bond acceptors (Lipinski definition) is 5. The van der Waals surface area contributed by atoms with Crippen molar-refractivity contribution >= 4 is 0 Å². The second-order valence-corrected chi connectivity index (χ2v) is 8.39. The van der Waals surface area contributed by atoms with Gasteiger partial charge >= 0.3 is 0 Å². The Morgan fingerprint density at radius 1 is 0.871 bits per heavy atom. The Bertz CT molecular complexity index is 840. The fraction of sp³-hybridized carbons (Fsp3) is 0.500. The van der Waals surface area contributed by atoms with Crippen LogP contribution in [-0.2, 0) is 14.2 Å². The smallest absolute Gasteiger partial charge is 0.282 e. The van der Waals surface area contributed by atoms with E-state index in [9.17, 15) is 0 Å². The van der Waals surface area contributed by atoms with E-state index in [4.69, 9.17) is 24.2 Å². The van der Waals surface area contributed by atoms with Crippen molar-refractivity contribution in [3.63, 3.8) is 0 Å². The van der Waals surface area contributed by atoms with Crippen LogP contribution in [0.15, 0.2) is 48.5 Å². The number of unbranched alkanes of at least 4 members (excludes halogenated alkanes) is 3. The highest BCUT2D eigenvalue weighted by Crippen LogP contribution is 2.33. The molecule has 0 aromatic heterocycles. The number of ether oxygens (including phenoxy) is 4. The Morgan fingerprint density at radius 2 is 1.55 bits per heavy atom. The van der Waals surface area contributed by atoms with Crippen molar-refractivity contribution in [2.75, 3.05) is 26.4 Å². The van der Waals surface area contributed by atoms with Gasteiger partial charge in [0.1, 0.15) is 5.75 Å². The largest absolute Gasteiger partial charge is 0.494 e. The van der Waals surface area contributed by atoms with Gasteiger partial charge < -0.3 is 18.9 Å². The maximum Gasteiger partial charge on any atom is 0.282 e. The molecular formula is C26H31NO4. The second-order valence-electron chi connectivity index (χ2n) is 8.39. The lowest BCUT2D eigenvalue weighted by atomic mass is 10.0. The van der Waals surface area contributed by atoms with Crippen LogP contribution in [0.3, 0.4) is 0 Å². The molecule has 0 saturated carbocycles. The molecule has 0 radical (unpaired) electrons. The van der Waals surface area contributed by atoms with E-state index in [2.05, 4.69) is 18.2 Å². The van der Waals surface area contributed by atoms with E-state index in [1.165, 1.54) is 19.3 Å². The molecule has 2 fully saturated rings. The zero-order chi connectivity index (χ0) is 21.4. The van der Waals surface area contributed by atoms with Crippen LogP contribution in [0.4, 0.5) is 0 Å². The first-order valence-corrected chi connectivity index (χ1v) is 11.4. The minimum atomic E-state index is -0.714. The Morgan fingerprint density at radius 3 is 2.19 bits per heavy atom. The van der Waals surface area contributed by atoms with Crippen LogP contribution in [-0.4, -0.2) is 32.4 Å². The average Bonchev–Trinajstić information content (AvgIpc) is 3.28. The monoisotopic (exact) mass is 421 g/mol. The minimum absolute atomic E-state index is 0.487. The van der Waals surface area contributed by atoms with E-state index in [0.717, 1.165) is 69.0 Å². The van der Waals surface area contributed by atoms with Crippen LogP contribution in [0.2, 0.25) is 0 Å². The molecule has 2 aliphatic rings. The molecule has 2 aromatic rings. The third-order valence-electron chi connectivity index (χ3n) is 6.00. The predicted molar refractivity (Wildman–Crippen MR) is 118 cm³/mol. The molecule has 5 heteroatoms. The Labute approximate surface area is 184 Å². The Kier molecular flexibility index (Phi) is 7.58. The molecule has 1 spiro atoms. The van der Waals surface area contributed by atoms with Crippen molar-refractivity contribution < 1.29 is 18.9 Å². The molecule has 164 valence electrons. The van der Waals surface area contributed by atoms with Gasteiger partial charge in [0.25, 0.3) is 5.97 Å². The zero-order valence-corrected chi connectivity index (χ0v) is 18.1. The van der Waals surface area contributed by atoms with Crippen molar-refractivity contribution in [1.82, 2.24) is 0 Å². The lowest BCUT2D eigenvalue weighted by Gasteiger charge is -2.36. The number of rotatable bonds is 9. The maximum absolute atomic E-state index is 8.90. The van der Waals surface area contributed by atoms with Crippen molar-refractivity contribution in [2.24, 2.45) is 5.92 Å². The zero-order valence-electron chi connectivity index (χ0n) is 18.1. The van der Waals surface area contributed by atoms with Gasteiger partial charge in [-0.3, -0.25) is 0 Å². The van der Waals surface area contributed by atoms with Crippen molar-refractivity contribution in [3.8, 4) is 22.9 Å². The molecule has 2 aromatic carbocycles. The topological polar surface area (TPSA) is 60.7 Å². The molecule has 4 rings (SSSR count). The first-order valence-electron chi connectivity index (χ1n) is 11.4. The summed E-state index contributed by atoms with van der Waals surface area (Å²) in [5.41, 5.74) is 2.90. The van der Waals surface area contributed by atoms with E-state index >= 15 is 0 Å². The van der Waals surface area contributed by atoms with Gasteiger partial charge in [-0.25, -0.2) is 0 Å². The Hall–Kier alpha value is -2.39. The van der Waals surface area contributed by atoms with Crippen LogP contribution in [0.1, 0.15) is 50.5 Å². The first-order chi connectivity index (χ1) is 15.3. The van der Waals surface area contributed by atoms with Crippen molar-refractivity contribution in [3.05, 3.63) is 54.1 Å². The molecular weight excluding hydrogens is 390 g/mol. The fourth-order valence-electron chi connectivity index (χ4n) is 4.12. The molecule has 2 heterocycles. The van der Waals surface area contributed by atoms with Gasteiger partial charge in [0.15, 0.2) is 0 Å². The second kappa shape index (κ2) is 10.8. The molecule has 0 unspecified atom stereocenters. The molecule has 0 aliphatic carbocycles. The SMILES string of the molecule is N#Cc1ccc(-c2ccc(OCCCCCCC3COC4(CCCO4)OC3)cc2)cc1. The van der Waals surface area contributed by atoms with Gasteiger partial charge in [-0.2, -0.15) is 5.26 Å². The molecule has 0 atom stereocenters. The summed E-state index contributed by atoms with van der Waals surface area (Å²) in [7, 11) is 0. The van der Waals surface area contributed by atoms with Gasteiger partial charge in [-0.1, -0.05) is 43.5 Å². The summed E-state index contributed by atoms with van der Waals surface area (Å²) in [5.74, 6) is 0.672. The van der Waals surface area contributed by atoms with Crippen LogP contribution in [0, 0.1) is 17.2 Å². The highest BCUT2D eigenvalue weighted by molar-refractivity contribution is 5.64. The average molecular weight is 422 g/mol. The number of nitriles is 1. The predicted octanol–water partition coefficient (Wildman–Crippen LogP) is 5.68.